The number of rotatable bonds is 3. The highest BCUT2D eigenvalue weighted by atomic mass is 16.6. The monoisotopic (exact) mass is 350 g/mol. The molecule has 0 aromatic carbocycles. The fourth-order valence-corrected chi connectivity index (χ4v) is 5.38. The molecule has 6 atom stereocenters. The number of ether oxygens (including phenoxy) is 2. The van der Waals surface area contributed by atoms with Gasteiger partial charge in [0.1, 0.15) is 11.7 Å². The fourth-order valence-electron chi connectivity index (χ4n) is 5.38. The van der Waals surface area contributed by atoms with Crippen LogP contribution in [0.25, 0.3) is 0 Å². The Kier molecular flexibility index (Phi) is 3.92. The van der Waals surface area contributed by atoms with E-state index in [4.69, 9.17) is 9.47 Å². The van der Waals surface area contributed by atoms with Gasteiger partial charge in [-0.2, -0.15) is 0 Å². The molecular weight excluding hydrogens is 316 g/mol. The third-order valence-electron chi connectivity index (χ3n) is 7.22. The van der Waals surface area contributed by atoms with Crippen molar-refractivity contribution < 1.29 is 19.1 Å². The molecule has 2 bridgehead atoms. The lowest BCUT2D eigenvalue weighted by atomic mass is 9.61. The molecular formula is C21H34O4. The molecule has 4 heteroatoms. The summed E-state index contributed by atoms with van der Waals surface area (Å²) in [5.41, 5.74) is -1.48. The number of fused-ring (bicyclic) bond motifs is 1. The van der Waals surface area contributed by atoms with Gasteiger partial charge in [0, 0.05) is 11.8 Å². The van der Waals surface area contributed by atoms with E-state index in [0.29, 0.717) is 0 Å². The van der Waals surface area contributed by atoms with Crippen molar-refractivity contribution in [2.45, 2.75) is 86.4 Å². The molecule has 2 saturated carbocycles. The fraction of sp³-hybridized carbons (Fsp3) is 0.905. The van der Waals surface area contributed by atoms with Crippen LogP contribution in [-0.2, 0) is 19.1 Å². The van der Waals surface area contributed by atoms with Crippen LogP contribution in [0.15, 0.2) is 0 Å². The summed E-state index contributed by atoms with van der Waals surface area (Å²) in [6, 6.07) is 0. The molecule has 0 aromatic heterocycles. The van der Waals surface area contributed by atoms with Crippen molar-refractivity contribution in [1.82, 2.24) is 0 Å². The Morgan fingerprint density at radius 2 is 1.76 bits per heavy atom. The van der Waals surface area contributed by atoms with Gasteiger partial charge in [-0.05, 0) is 43.9 Å². The Labute approximate surface area is 152 Å². The van der Waals surface area contributed by atoms with Gasteiger partial charge >= 0.3 is 11.9 Å². The maximum absolute atomic E-state index is 13.4. The summed E-state index contributed by atoms with van der Waals surface area (Å²) in [6.45, 7) is 16.8. The van der Waals surface area contributed by atoms with Crippen LogP contribution in [0.5, 0.6) is 0 Å². The van der Waals surface area contributed by atoms with E-state index >= 15 is 0 Å². The molecule has 0 spiro atoms. The second-order valence-electron chi connectivity index (χ2n) is 11.2. The van der Waals surface area contributed by atoms with Crippen molar-refractivity contribution in [2.75, 3.05) is 0 Å². The second-order valence-corrected chi connectivity index (χ2v) is 11.2. The molecule has 2 aliphatic carbocycles. The zero-order valence-electron chi connectivity index (χ0n) is 17.1. The maximum atomic E-state index is 13.4. The Morgan fingerprint density at radius 3 is 2.28 bits per heavy atom. The highest BCUT2D eigenvalue weighted by Gasteiger charge is 2.69. The summed E-state index contributed by atoms with van der Waals surface area (Å²) in [4.78, 5) is 25.5. The average Bonchev–Trinajstić information content (AvgIpc) is 3.00. The predicted octanol–water partition coefficient (Wildman–Crippen LogP) is 4.36. The minimum absolute atomic E-state index is 0.0154. The molecule has 6 unspecified atom stereocenters. The first-order valence-corrected chi connectivity index (χ1v) is 9.63. The van der Waals surface area contributed by atoms with E-state index < -0.39 is 11.0 Å². The second kappa shape index (κ2) is 5.23. The van der Waals surface area contributed by atoms with Crippen LogP contribution in [0.3, 0.4) is 0 Å². The molecule has 0 radical (unpaired) electrons. The lowest BCUT2D eigenvalue weighted by molar-refractivity contribution is -0.197. The average molecular weight is 350 g/mol. The van der Waals surface area contributed by atoms with Gasteiger partial charge < -0.3 is 9.47 Å². The van der Waals surface area contributed by atoms with Gasteiger partial charge in [-0.15, -0.1) is 0 Å². The zero-order valence-corrected chi connectivity index (χ0v) is 17.1. The van der Waals surface area contributed by atoms with Gasteiger partial charge in [0.2, 0.25) is 0 Å². The molecule has 142 valence electrons. The van der Waals surface area contributed by atoms with Crippen molar-refractivity contribution in [1.29, 1.82) is 0 Å². The summed E-state index contributed by atoms with van der Waals surface area (Å²) in [6.07, 6.45) is 2.23. The largest absolute Gasteiger partial charge is 0.458 e. The molecule has 3 aliphatic rings. The van der Waals surface area contributed by atoms with Crippen LogP contribution in [0.1, 0.15) is 74.7 Å². The topological polar surface area (TPSA) is 52.6 Å². The van der Waals surface area contributed by atoms with E-state index in [2.05, 4.69) is 41.5 Å². The van der Waals surface area contributed by atoms with Crippen molar-refractivity contribution in [2.24, 2.45) is 34.0 Å². The molecule has 25 heavy (non-hydrogen) atoms. The van der Waals surface area contributed by atoms with Crippen LogP contribution in [-0.4, -0.2) is 23.6 Å². The van der Waals surface area contributed by atoms with Crippen LogP contribution >= 0.6 is 0 Å². The smallest absolute Gasteiger partial charge is 0.313 e. The van der Waals surface area contributed by atoms with E-state index in [1.807, 2.05) is 13.8 Å². The zero-order chi connectivity index (χ0) is 19.0. The van der Waals surface area contributed by atoms with Crippen LogP contribution in [0, 0.1) is 34.0 Å². The molecule has 0 amide bonds. The number of carbonyl (C=O) groups is 2. The lowest BCUT2D eigenvalue weighted by Crippen LogP contribution is -2.53. The molecule has 3 rings (SSSR count). The van der Waals surface area contributed by atoms with Gasteiger partial charge in [-0.3, -0.25) is 9.59 Å². The first-order chi connectivity index (χ1) is 11.2. The minimum Gasteiger partial charge on any atom is -0.458 e. The highest BCUT2D eigenvalue weighted by Crippen LogP contribution is 2.61. The Balaban J connectivity index is 1.86. The van der Waals surface area contributed by atoms with E-state index in [9.17, 15) is 9.59 Å². The standard InChI is InChI=1S/C21H34O4/c1-18(2,3)11-20(7,19(4,5)6)17(23)25-21(8)12-9-13-14(10-12)16(22)24-15(13)21/h12-15H,9-11H2,1-8H3. The number of hydrogen-bond donors (Lipinski definition) is 0. The Bertz CT molecular complexity index is 596. The summed E-state index contributed by atoms with van der Waals surface area (Å²) in [5, 5.41) is 0. The van der Waals surface area contributed by atoms with Crippen molar-refractivity contribution in [3.05, 3.63) is 0 Å². The summed E-state index contributed by atoms with van der Waals surface area (Å²) in [5.74, 6) is 0.265. The SMILES string of the molecule is CC(C)(C)CC(C)(C(=O)OC1(C)C2CC3C(=O)OC1C3C2)C(C)(C)C. The summed E-state index contributed by atoms with van der Waals surface area (Å²) in [7, 11) is 0. The molecule has 4 nitrogen and oxygen atoms in total. The van der Waals surface area contributed by atoms with Crippen molar-refractivity contribution in [3.63, 3.8) is 0 Å². The number of hydrogen-bond acceptors (Lipinski definition) is 4. The quantitative estimate of drug-likeness (QED) is 0.710. The van der Waals surface area contributed by atoms with Crippen molar-refractivity contribution >= 4 is 11.9 Å². The molecule has 1 heterocycles. The molecule has 0 aromatic rings. The number of carbonyl (C=O) groups excluding carboxylic acids is 2. The molecule has 0 N–H and O–H groups in total. The van der Waals surface area contributed by atoms with E-state index in [1.54, 1.807) is 0 Å². The maximum Gasteiger partial charge on any atom is 0.313 e. The lowest BCUT2D eigenvalue weighted by Gasteiger charge is -2.46. The third kappa shape index (κ3) is 2.71. The van der Waals surface area contributed by atoms with E-state index in [-0.39, 0.29) is 46.6 Å². The first kappa shape index (κ1) is 18.7. The first-order valence-electron chi connectivity index (χ1n) is 9.63. The van der Waals surface area contributed by atoms with Crippen molar-refractivity contribution in [3.8, 4) is 0 Å². The Hall–Kier alpha value is -1.06. The minimum atomic E-state index is -0.672. The van der Waals surface area contributed by atoms with Gasteiger partial charge in [-0.1, -0.05) is 41.5 Å². The van der Waals surface area contributed by atoms with E-state index in [0.717, 1.165) is 19.3 Å². The summed E-state index contributed by atoms with van der Waals surface area (Å²) < 4.78 is 11.9. The normalized spacial score (nSPS) is 39.3. The van der Waals surface area contributed by atoms with Crippen LogP contribution < -0.4 is 0 Å². The van der Waals surface area contributed by atoms with Gasteiger partial charge in [0.15, 0.2) is 0 Å². The van der Waals surface area contributed by atoms with Gasteiger partial charge in [0.05, 0.1) is 11.3 Å². The highest BCUT2D eigenvalue weighted by molar-refractivity contribution is 5.80. The number of esters is 2. The molecule has 1 saturated heterocycles. The third-order valence-corrected chi connectivity index (χ3v) is 7.22. The summed E-state index contributed by atoms with van der Waals surface area (Å²) >= 11 is 0. The van der Waals surface area contributed by atoms with Crippen LogP contribution in [0.2, 0.25) is 0 Å². The Morgan fingerprint density at radius 1 is 1.16 bits per heavy atom. The van der Waals surface area contributed by atoms with E-state index in [1.165, 1.54) is 0 Å². The predicted molar refractivity (Wildman–Crippen MR) is 95.7 cm³/mol. The molecule has 1 aliphatic heterocycles. The molecule has 3 fully saturated rings. The van der Waals surface area contributed by atoms with Gasteiger partial charge in [0.25, 0.3) is 0 Å². The van der Waals surface area contributed by atoms with Crippen LogP contribution in [0.4, 0.5) is 0 Å². The van der Waals surface area contributed by atoms with Gasteiger partial charge in [-0.25, -0.2) is 0 Å².